The van der Waals surface area contributed by atoms with Crippen LogP contribution >= 0.6 is 0 Å². The van der Waals surface area contributed by atoms with E-state index in [1.54, 1.807) is 18.2 Å². The molecule has 6 heteroatoms. The molecule has 0 heterocycles. The predicted octanol–water partition coefficient (Wildman–Crippen LogP) is 8.60. The number of nitrogens with zero attached hydrogens (tertiary/aromatic N) is 1. The molecular formula is C26H33F4NO. The number of hydrogen-bond acceptors (Lipinski definition) is 2. The van der Waals surface area contributed by atoms with Crippen LogP contribution in [0.4, 0.5) is 17.6 Å². The van der Waals surface area contributed by atoms with Crippen molar-refractivity contribution in [2.75, 3.05) is 0 Å². The fourth-order valence-corrected chi connectivity index (χ4v) is 5.48. The van der Waals surface area contributed by atoms with Crippen LogP contribution in [0.5, 0.6) is 5.75 Å². The standard InChI is InChI=1S/C26H33F4NO/c27-24(18-31)17-21-7-5-19(6-8-21)3-1-2-4-20-9-11-22(12-10-20)23-13-15-25(16-14-23)32-26(28,29)30/h13-17,19-22H,1-12H2. The Morgan fingerprint density at radius 3 is 1.94 bits per heavy atom. The van der Waals surface area contributed by atoms with E-state index in [4.69, 9.17) is 5.26 Å². The number of rotatable bonds is 8. The SMILES string of the molecule is N#CC(F)=CC1CCC(CCCCC2CCC(c3ccc(OC(F)(F)F)cc3)CC2)CC1. The van der Waals surface area contributed by atoms with Gasteiger partial charge in [-0.25, -0.2) is 0 Å². The fourth-order valence-electron chi connectivity index (χ4n) is 5.48. The summed E-state index contributed by atoms with van der Waals surface area (Å²) in [4.78, 5) is 0. The van der Waals surface area contributed by atoms with E-state index < -0.39 is 12.2 Å². The monoisotopic (exact) mass is 451 g/mol. The third kappa shape index (κ3) is 8.15. The van der Waals surface area contributed by atoms with Crippen LogP contribution in [0.25, 0.3) is 0 Å². The Kier molecular flexibility index (Phi) is 9.02. The zero-order valence-corrected chi connectivity index (χ0v) is 18.5. The minimum absolute atomic E-state index is 0.158. The molecule has 0 saturated heterocycles. The minimum atomic E-state index is -4.65. The van der Waals surface area contributed by atoms with Gasteiger partial charge in [0.2, 0.25) is 0 Å². The van der Waals surface area contributed by atoms with Gasteiger partial charge in [-0.2, -0.15) is 9.65 Å². The Bertz CT molecular complexity index is 765. The summed E-state index contributed by atoms with van der Waals surface area (Å²) in [6, 6.07) is 7.94. The highest BCUT2D eigenvalue weighted by molar-refractivity contribution is 5.29. The molecule has 2 saturated carbocycles. The number of unbranched alkanes of at least 4 members (excludes halogenated alkanes) is 1. The highest BCUT2D eigenvalue weighted by Gasteiger charge is 2.31. The molecule has 1 aromatic rings. The second-order valence-electron chi connectivity index (χ2n) is 9.53. The normalized spacial score (nSPS) is 27.0. The molecule has 3 rings (SSSR count). The lowest BCUT2D eigenvalue weighted by Gasteiger charge is -2.29. The van der Waals surface area contributed by atoms with Crippen molar-refractivity contribution in [2.45, 2.75) is 89.3 Å². The Morgan fingerprint density at radius 1 is 0.906 bits per heavy atom. The lowest BCUT2D eigenvalue weighted by Crippen LogP contribution is -2.17. The summed E-state index contributed by atoms with van der Waals surface area (Å²) in [5, 5.41) is 8.55. The lowest BCUT2D eigenvalue weighted by molar-refractivity contribution is -0.274. The van der Waals surface area contributed by atoms with Crippen molar-refractivity contribution in [2.24, 2.45) is 17.8 Å². The summed E-state index contributed by atoms with van der Waals surface area (Å²) in [6.45, 7) is 0. The summed E-state index contributed by atoms with van der Waals surface area (Å²) in [5.74, 6) is 1.36. The maximum atomic E-state index is 13.1. The molecule has 2 fully saturated rings. The molecule has 0 bridgehead atoms. The highest BCUT2D eigenvalue weighted by atomic mass is 19.4. The van der Waals surface area contributed by atoms with Gasteiger partial charge in [0.15, 0.2) is 5.83 Å². The second-order valence-corrected chi connectivity index (χ2v) is 9.53. The van der Waals surface area contributed by atoms with E-state index in [1.165, 1.54) is 56.7 Å². The zero-order valence-electron chi connectivity index (χ0n) is 18.5. The Balaban J connectivity index is 1.29. The topological polar surface area (TPSA) is 33.0 Å². The minimum Gasteiger partial charge on any atom is -0.406 e. The van der Waals surface area contributed by atoms with Crippen molar-refractivity contribution < 1.29 is 22.3 Å². The predicted molar refractivity (Wildman–Crippen MR) is 117 cm³/mol. The van der Waals surface area contributed by atoms with E-state index in [0.29, 0.717) is 5.92 Å². The lowest BCUT2D eigenvalue weighted by atomic mass is 9.76. The molecular weight excluding hydrogens is 418 g/mol. The Labute approximate surface area is 188 Å². The van der Waals surface area contributed by atoms with Gasteiger partial charge >= 0.3 is 6.36 Å². The molecule has 1 aromatic carbocycles. The average molecular weight is 452 g/mol. The number of benzene rings is 1. The molecule has 2 aliphatic rings. The fraction of sp³-hybridized carbons (Fsp3) is 0.654. The van der Waals surface area contributed by atoms with Crippen molar-refractivity contribution >= 4 is 0 Å². The van der Waals surface area contributed by atoms with E-state index in [0.717, 1.165) is 55.9 Å². The Hall–Kier alpha value is -2.03. The zero-order chi connectivity index (χ0) is 23.0. The van der Waals surface area contributed by atoms with Gasteiger partial charge in [-0.15, -0.1) is 13.2 Å². The summed E-state index contributed by atoms with van der Waals surface area (Å²) in [7, 11) is 0. The highest BCUT2D eigenvalue weighted by Crippen LogP contribution is 2.39. The van der Waals surface area contributed by atoms with E-state index >= 15 is 0 Å². The van der Waals surface area contributed by atoms with Crippen LogP contribution < -0.4 is 4.74 Å². The molecule has 32 heavy (non-hydrogen) atoms. The van der Waals surface area contributed by atoms with Crippen LogP contribution in [0.1, 0.15) is 88.5 Å². The molecule has 0 aliphatic heterocycles. The summed E-state index contributed by atoms with van der Waals surface area (Å²) >= 11 is 0. The van der Waals surface area contributed by atoms with Gasteiger partial charge in [-0.1, -0.05) is 37.8 Å². The molecule has 0 atom stereocenters. The molecule has 0 aromatic heterocycles. The molecule has 0 radical (unpaired) electrons. The Morgan fingerprint density at radius 2 is 1.44 bits per heavy atom. The quantitative estimate of drug-likeness (QED) is 0.225. The number of nitriles is 1. The summed E-state index contributed by atoms with van der Waals surface area (Å²) in [6.07, 6.45) is 10.7. The van der Waals surface area contributed by atoms with Crippen molar-refractivity contribution in [1.82, 2.24) is 0 Å². The van der Waals surface area contributed by atoms with E-state index in [1.807, 2.05) is 0 Å². The first-order valence-corrected chi connectivity index (χ1v) is 12.0. The van der Waals surface area contributed by atoms with Crippen LogP contribution in [0.15, 0.2) is 36.2 Å². The van der Waals surface area contributed by atoms with Crippen molar-refractivity contribution in [3.8, 4) is 11.8 Å². The largest absolute Gasteiger partial charge is 0.573 e. The number of ether oxygens (including phenoxy) is 1. The van der Waals surface area contributed by atoms with Crippen LogP contribution in [0, 0.1) is 29.1 Å². The molecule has 0 spiro atoms. The van der Waals surface area contributed by atoms with Crippen molar-refractivity contribution in [1.29, 1.82) is 5.26 Å². The van der Waals surface area contributed by atoms with E-state index in [-0.39, 0.29) is 11.7 Å². The third-order valence-electron chi connectivity index (χ3n) is 7.29. The summed E-state index contributed by atoms with van der Waals surface area (Å²) in [5.41, 5.74) is 1.11. The molecule has 2 nitrogen and oxygen atoms in total. The van der Waals surface area contributed by atoms with Gasteiger partial charge < -0.3 is 4.74 Å². The second kappa shape index (κ2) is 11.7. The van der Waals surface area contributed by atoms with E-state index in [2.05, 4.69) is 4.74 Å². The number of alkyl halides is 3. The van der Waals surface area contributed by atoms with Crippen LogP contribution in [-0.4, -0.2) is 6.36 Å². The molecule has 176 valence electrons. The van der Waals surface area contributed by atoms with Gasteiger partial charge in [0, 0.05) is 0 Å². The van der Waals surface area contributed by atoms with Gasteiger partial charge in [0.1, 0.15) is 11.8 Å². The molecule has 0 amide bonds. The maximum Gasteiger partial charge on any atom is 0.573 e. The number of halogens is 4. The third-order valence-corrected chi connectivity index (χ3v) is 7.29. The maximum absolute atomic E-state index is 13.1. The number of allylic oxidation sites excluding steroid dienone is 2. The van der Waals surface area contributed by atoms with Crippen molar-refractivity contribution in [3.63, 3.8) is 0 Å². The molecule has 0 N–H and O–H groups in total. The van der Waals surface area contributed by atoms with Crippen LogP contribution in [0.3, 0.4) is 0 Å². The van der Waals surface area contributed by atoms with Gasteiger partial charge in [-0.05, 0) is 98.8 Å². The van der Waals surface area contributed by atoms with Gasteiger partial charge in [-0.3, -0.25) is 0 Å². The number of hydrogen-bond donors (Lipinski definition) is 0. The smallest absolute Gasteiger partial charge is 0.406 e. The first kappa shape index (κ1) is 24.6. The molecule has 2 aliphatic carbocycles. The van der Waals surface area contributed by atoms with Crippen LogP contribution in [0.2, 0.25) is 0 Å². The van der Waals surface area contributed by atoms with E-state index in [9.17, 15) is 17.6 Å². The summed E-state index contributed by atoms with van der Waals surface area (Å²) < 4.78 is 53.9. The molecule has 0 unspecified atom stereocenters. The first-order valence-electron chi connectivity index (χ1n) is 12.0. The van der Waals surface area contributed by atoms with Crippen molar-refractivity contribution in [3.05, 3.63) is 41.7 Å². The first-order chi connectivity index (χ1) is 15.3. The average Bonchev–Trinajstić information content (AvgIpc) is 2.77. The van der Waals surface area contributed by atoms with Gasteiger partial charge in [0.05, 0.1) is 0 Å². The van der Waals surface area contributed by atoms with Crippen LogP contribution in [-0.2, 0) is 0 Å². The van der Waals surface area contributed by atoms with Gasteiger partial charge in [0.25, 0.3) is 0 Å².